The predicted octanol–water partition coefficient (Wildman–Crippen LogP) is 3.56. The lowest BCUT2D eigenvalue weighted by Crippen LogP contribution is -1.97. The molecule has 24 heavy (non-hydrogen) atoms. The fraction of sp³-hybridized carbons (Fsp3) is 0.263. The van der Waals surface area contributed by atoms with Crippen LogP contribution in [0.4, 0.5) is 5.69 Å². The van der Waals surface area contributed by atoms with Crippen molar-refractivity contribution in [2.75, 3.05) is 34.2 Å². The molecular formula is C19H23NO4. The molecule has 2 aromatic carbocycles. The maximum absolute atomic E-state index is 5.93. The molecule has 0 heterocycles. The SMILES string of the molecule is COc1cc(OC)c(C/C=C/c2ccc(OC)c(N)c2)c(OC)c1. The molecule has 0 aliphatic carbocycles. The highest BCUT2D eigenvalue weighted by molar-refractivity contribution is 5.62. The van der Waals surface area contributed by atoms with Crippen molar-refractivity contribution in [2.45, 2.75) is 6.42 Å². The normalized spacial score (nSPS) is 10.7. The summed E-state index contributed by atoms with van der Waals surface area (Å²) in [4.78, 5) is 0. The van der Waals surface area contributed by atoms with Gasteiger partial charge in [-0.1, -0.05) is 18.2 Å². The van der Waals surface area contributed by atoms with Gasteiger partial charge in [0.05, 0.1) is 34.1 Å². The van der Waals surface area contributed by atoms with Crippen molar-refractivity contribution >= 4 is 11.8 Å². The summed E-state index contributed by atoms with van der Waals surface area (Å²) in [5, 5.41) is 0. The highest BCUT2D eigenvalue weighted by Gasteiger charge is 2.11. The summed E-state index contributed by atoms with van der Waals surface area (Å²) in [6.45, 7) is 0. The summed E-state index contributed by atoms with van der Waals surface area (Å²) in [6, 6.07) is 9.36. The third-order valence-corrected chi connectivity index (χ3v) is 3.70. The summed E-state index contributed by atoms with van der Waals surface area (Å²) >= 11 is 0. The molecule has 128 valence electrons. The Kier molecular flexibility index (Phi) is 5.95. The molecule has 0 spiro atoms. The molecule has 5 nitrogen and oxygen atoms in total. The van der Waals surface area contributed by atoms with Crippen LogP contribution < -0.4 is 24.7 Å². The van der Waals surface area contributed by atoms with Gasteiger partial charge in [0.2, 0.25) is 0 Å². The summed E-state index contributed by atoms with van der Waals surface area (Å²) in [5.74, 6) is 2.82. The number of methoxy groups -OCH3 is 4. The van der Waals surface area contributed by atoms with Gasteiger partial charge < -0.3 is 24.7 Å². The van der Waals surface area contributed by atoms with Gasteiger partial charge >= 0.3 is 0 Å². The summed E-state index contributed by atoms with van der Waals surface area (Å²) in [6.07, 6.45) is 4.69. The number of hydrogen-bond donors (Lipinski definition) is 1. The van der Waals surface area contributed by atoms with Crippen LogP contribution in [0.3, 0.4) is 0 Å². The second-order valence-corrected chi connectivity index (χ2v) is 5.12. The van der Waals surface area contributed by atoms with Crippen molar-refractivity contribution in [2.24, 2.45) is 0 Å². The third-order valence-electron chi connectivity index (χ3n) is 3.70. The number of benzene rings is 2. The molecule has 5 heteroatoms. The van der Waals surface area contributed by atoms with E-state index in [-0.39, 0.29) is 0 Å². The Hall–Kier alpha value is -2.82. The van der Waals surface area contributed by atoms with Gasteiger partial charge in [-0.05, 0) is 24.1 Å². The Morgan fingerprint density at radius 2 is 1.46 bits per heavy atom. The molecule has 0 saturated heterocycles. The van der Waals surface area contributed by atoms with Crippen LogP contribution in [0.5, 0.6) is 23.0 Å². The number of rotatable bonds is 7. The molecule has 0 radical (unpaired) electrons. The van der Waals surface area contributed by atoms with E-state index in [1.165, 1.54) is 0 Å². The number of allylic oxidation sites excluding steroid dienone is 1. The van der Waals surface area contributed by atoms with Gasteiger partial charge in [-0.3, -0.25) is 0 Å². The van der Waals surface area contributed by atoms with Crippen molar-refractivity contribution in [3.05, 3.63) is 47.5 Å². The number of nitrogens with two attached hydrogens (primary N) is 1. The van der Waals surface area contributed by atoms with E-state index < -0.39 is 0 Å². The summed E-state index contributed by atoms with van der Waals surface area (Å²) in [7, 11) is 6.47. The first kappa shape index (κ1) is 17.5. The van der Waals surface area contributed by atoms with Crippen molar-refractivity contribution < 1.29 is 18.9 Å². The zero-order valence-corrected chi connectivity index (χ0v) is 14.5. The summed E-state index contributed by atoms with van der Waals surface area (Å²) < 4.78 is 21.3. The van der Waals surface area contributed by atoms with E-state index in [4.69, 9.17) is 24.7 Å². The molecule has 0 saturated carbocycles. The smallest absolute Gasteiger partial charge is 0.141 e. The molecule has 0 aliphatic heterocycles. The minimum absolute atomic E-state index is 0.610. The van der Waals surface area contributed by atoms with Crippen LogP contribution in [-0.4, -0.2) is 28.4 Å². The molecule has 0 bridgehead atoms. The Bertz CT molecular complexity index is 700. The average Bonchev–Trinajstić information content (AvgIpc) is 2.61. The van der Waals surface area contributed by atoms with Crippen molar-refractivity contribution in [3.63, 3.8) is 0 Å². The van der Waals surface area contributed by atoms with Gasteiger partial charge in [0.1, 0.15) is 23.0 Å². The largest absolute Gasteiger partial charge is 0.496 e. The van der Waals surface area contributed by atoms with Crippen LogP contribution in [0.1, 0.15) is 11.1 Å². The van der Waals surface area contributed by atoms with Gasteiger partial charge in [0.15, 0.2) is 0 Å². The zero-order valence-electron chi connectivity index (χ0n) is 14.5. The molecule has 2 N–H and O–H groups in total. The van der Waals surface area contributed by atoms with Crippen LogP contribution in [0, 0.1) is 0 Å². The minimum Gasteiger partial charge on any atom is -0.496 e. The van der Waals surface area contributed by atoms with Crippen LogP contribution >= 0.6 is 0 Å². The first-order valence-corrected chi connectivity index (χ1v) is 7.51. The average molecular weight is 329 g/mol. The summed E-state index contributed by atoms with van der Waals surface area (Å²) in [5.41, 5.74) is 8.49. The van der Waals surface area contributed by atoms with E-state index in [0.29, 0.717) is 23.6 Å². The molecule has 0 atom stereocenters. The molecule has 2 aromatic rings. The van der Waals surface area contributed by atoms with Crippen LogP contribution in [0.25, 0.3) is 6.08 Å². The lowest BCUT2D eigenvalue weighted by atomic mass is 10.1. The fourth-order valence-electron chi connectivity index (χ4n) is 2.45. The molecule has 0 aliphatic rings. The predicted molar refractivity (Wildman–Crippen MR) is 96.2 cm³/mol. The number of hydrogen-bond acceptors (Lipinski definition) is 5. The Morgan fingerprint density at radius 1 is 0.833 bits per heavy atom. The monoisotopic (exact) mass is 329 g/mol. The van der Waals surface area contributed by atoms with Crippen LogP contribution in [0.2, 0.25) is 0 Å². The Balaban J connectivity index is 2.23. The molecule has 0 unspecified atom stereocenters. The van der Waals surface area contributed by atoms with E-state index >= 15 is 0 Å². The van der Waals surface area contributed by atoms with Crippen molar-refractivity contribution in [1.29, 1.82) is 0 Å². The molecule has 0 amide bonds. The minimum atomic E-state index is 0.610. The first-order chi connectivity index (χ1) is 11.6. The fourth-order valence-corrected chi connectivity index (χ4v) is 2.45. The third kappa shape index (κ3) is 3.93. The number of anilines is 1. The maximum Gasteiger partial charge on any atom is 0.141 e. The lowest BCUT2D eigenvalue weighted by Gasteiger charge is -2.13. The van der Waals surface area contributed by atoms with Gasteiger partial charge in [-0.25, -0.2) is 0 Å². The van der Waals surface area contributed by atoms with Gasteiger partial charge in [-0.2, -0.15) is 0 Å². The van der Waals surface area contributed by atoms with Gasteiger partial charge in [-0.15, -0.1) is 0 Å². The Morgan fingerprint density at radius 3 is 1.96 bits per heavy atom. The maximum atomic E-state index is 5.93. The lowest BCUT2D eigenvalue weighted by molar-refractivity contribution is 0.370. The number of nitrogen functional groups attached to an aromatic ring is 1. The highest BCUT2D eigenvalue weighted by Crippen LogP contribution is 2.34. The van der Waals surface area contributed by atoms with Crippen molar-refractivity contribution in [1.82, 2.24) is 0 Å². The van der Waals surface area contributed by atoms with Gasteiger partial charge in [0.25, 0.3) is 0 Å². The second-order valence-electron chi connectivity index (χ2n) is 5.12. The van der Waals surface area contributed by atoms with E-state index in [1.807, 2.05) is 42.5 Å². The molecular weight excluding hydrogens is 306 g/mol. The molecule has 0 aromatic heterocycles. The van der Waals surface area contributed by atoms with E-state index in [1.54, 1.807) is 28.4 Å². The van der Waals surface area contributed by atoms with E-state index in [9.17, 15) is 0 Å². The standard InChI is InChI=1S/C19H23NO4/c1-21-14-11-18(23-3)15(19(12-14)24-4)7-5-6-13-8-9-17(22-2)16(20)10-13/h5-6,8-12H,7,20H2,1-4H3/b6-5+. The highest BCUT2D eigenvalue weighted by atomic mass is 16.5. The molecule has 2 rings (SSSR count). The quantitative estimate of drug-likeness (QED) is 0.787. The van der Waals surface area contributed by atoms with Crippen LogP contribution in [0.15, 0.2) is 36.4 Å². The van der Waals surface area contributed by atoms with Gasteiger partial charge in [0, 0.05) is 17.7 Å². The second kappa shape index (κ2) is 8.15. The number of ether oxygens (including phenoxy) is 4. The first-order valence-electron chi connectivity index (χ1n) is 7.51. The van der Waals surface area contributed by atoms with E-state index in [0.717, 1.165) is 22.6 Å². The topological polar surface area (TPSA) is 62.9 Å². The zero-order chi connectivity index (χ0) is 17.5. The molecule has 0 fully saturated rings. The van der Waals surface area contributed by atoms with E-state index in [2.05, 4.69) is 0 Å². The van der Waals surface area contributed by atoms with Crippen LogP contribution in [-0.2, 0) is 6.42 Å². The Labute approximate surface area is 142 Å². The van der Waals surface area contributed by atoms with Crippen molar-refractivity contribution in [3.8, 4) is 23.0 Å².